The number of amides is 1. The van der Waals surface area contributed by atoms with E-state index >= 15 is 0 Å². The summed E-state index contributed by atoms with van der Waals surface area (Å²) in [6, 6.07) is 20.9. The SMILES string of the molecule is CCN(CC)CCCN1C(=O)C(=O)C(=C(O)c2ccc3c(c2)OCCO3)C1c1cccc(Oc2ccccc2)c1. The van der Waals surface area contributed by atoms with Crippen molar-refractivity contribution >= 4 is 17.4 Å². The molecule has 0 aromatic heterocycles. The number of ketones is 1. The first-order valence-corrected chi connectivity index (χ1v) is 13.7. The van der Waals surface area contributed by atoms with Gasteiger partial charge in [-0.1, -0.05) is 44.2 Å². The molecule has 0 radical (unpaired) electrons. The quantitative estimate of drug-likeness (QED) is 0.208. The highest BCUT2D eigenvalue weighted by Crippen LogP contribution is 2.42. The molecule has 2 aliphatic heterocycles. The predicted octanol–water partition coefficient (Wildman–Crippen LogP) is 5.40. The summed E-state index contributed by atoms with van der Waals surface area (Å²) in [5.74, 6) is 0.704. The van der Waals surface area contributed by atoms with Gasteiger partial charge in [0, 0.05) is 12.1 Å². The Hall–Kier alpha value is -4.30. The fourth-order valence-corrected chi connectivity index (χ4v) is 5.18. The Morgan fingerprint density at radius 1 is 0.925 bits per heavy atom. The van der Waals surface area contributed by atoms with E-state index in [0.29, 0.717) is 60.3 Å². The lowest BCUT2D eigenvalue weighted by atomic mass is 9.95. The third-order valence-corrected chi connectivity index (χ3v) is 7.28. The zero-order valence-corrected chi connectivity index (χ0v) is 22.8. The zero-order valence-electron chi connectivity index (χ0n) is 22.8. The first-order valence-electron chi connectivity index (χ1n) is 13.7. The summed E-state index contributed by atoms with van der Waals surface area (Å²) in [6.45, 7) is 8.00. The van der Waals surface area contributed by atoms with E-state index in [1.807, 2.05) is 54.6 Å². The topological polar surface area (TPSA) is 88.5 Å². The molecule has 3 aromatic rings. The molecule has 0 aliphatic carbocycles. The molecule has 2 heterocycles. The van der Waals surface area contributed by atoms with Crippen LogP contribution in [0.25, 0.3) is 5.76 Å². The molecule has 2 aliphatic rings. The van der Waals surface area contributed by atoms with Crippen molar-refractivity contribution in [2.24, 2.45) is 0 Å². The molecule has 40 heavy (non-hydrogen) atoms. The van der Waals surface area contributed by atoms with Crippen LogP contribution < -0.4 is 14.2 Å². The highest BCUT2D eigenvalue weighted by Gasteiger charge is 2.46. The number of carbonyl (C=O) groups excluding carboxylic acids is 2. The number of Topliss-reactive ketones (excluding diaryl/α,β-unsaturated/α-hetero) is 1. The number of hydrogen-bond acceptors (Lipinski definition) is 7. The Balaban J connectivity index is 1.54. The first kappa shape index (κ1) is 27.3. The van der Waals surface area contributed by atoms with E-state index in [1.165, 1.54) is 0 Å². The molecule has 0 spiro atoms. The molecule has 0 saturated carbocycles. The molecular formula is C32H34N2O6. The molecule has 5 rings (SSSR count). The van der Waals surface area contributed by atoms with Gasteiger partial charge in [-0.3, -0.25) is 9.59 Å². The van der Waals surface area contributed by atoms with Crippen molar-refractivity contribution < 1.29 is 28.9 Å². The second-order valence-electron chi connectivity index (χ2n) is 9.72. The smallest absolute Gasteiger partial charge is 0.295 e. The van der Waals surface area contributed by atoms with Crippen LogP contribution in [-0.4, -0.2) is 66.0 Å². The van der Waals surface area contributed by atoms with Crippen molar-refractivity contribution in [1.82, 2.24) is 9.80 Å². The maximum Gasteiger partial charge on any atom is 0.295 e. The molecule has 3 aromatic carbocycles. The van der Waals surface area contributed by atoms with Crippen LogP contribution in [0.1, 0.15) is 37.4 Å². The number of carbonyl (C=O) groups is 2. The number of aliphatic hydroxyl groups excluding tert-OH is 1. The van der Waals surface area contributed by atoms with Gasteiger partial charge in [-0.25, -0.2) is 0 Å². The average Bonchev–Trinajstić information content (AvgIpc) is 3.24. The van der Waals surface area contributed by atoms with Gasteiger partial charge >= 0.3 is 0 Å². The molecule has 8 nitrogen and oxygen atoms in total. The Morgan fingerprint density at radius 3 is 2.40 bits per heavy atom. The van der Waals surface area contributed by atoms with Crippen molar-refractivity contribution in [2.75, 3.05) is 39.4 Å². The van der Waals surface area contributed by atoms with Crippen molar-refractivity contribution in [3.63, 3.8) is 0 Å². The van der Waals surface area contributed by atoms with Crippen LogP contribution >= 0.6 is 0 Å². The number of fused-ring (bicyclic) bond motifs is 1. The van der Waals surface area contributed by atoms with Crippen molar-refractivity contribution in [3.05, 3.63) is 89.5 Å². The van der Waals surface area contributed by atoms with Crippen LogP contribution in [0.15, 0.2) is 78.4 Å². The van der Waals surface area contributed by atoms with Crippen molar-refractivity contribution in [3.8, 4) is 23.0 Å². The standard InChI is InChI=1S/C32H34N2O6/c1-3-33(4-2)16-9-17-34-29(22-10-8-13-25(20-22)40-24-11-6-5-7-12-24)28(31(36)32(34)37)30(35)23-14-15-26-27(21-23)39-19-18-38-26/h5-8,10-15,20-21,29,35H,3-4,9,16-19H2,1-2H3. The summed E-state index contributed by atoms with van der Waals surface area (Å²) in [5, 5.41) is 11.5. The molecule has 8 heteroatoms. The minimum Gasteiger partial charge on any atom is -0.507 e. The molecule has 1 atom stereocenters. The number of para-hydroxylation sites is 1. The Bertz CT molecular complexity index is 1400. The van der Waals surface area contributed by atoms with E-state index in [1.54, 1.807) is 23.1 Å². The number of aliphatic hydroxyl groups is 1. The summed E-state index contributed by atoms with van der Waals surface area (Å²) >= 11 is 0. The molecule has 1 N–H and O–H groups in total. The number of ether oxygens (including phenoxy) is 3. The molecule has 1 saturated heterocycles. The van der Waals surface area contributed by atoms with Crippen LogP contribution in [0.5, 0.6) is 23.0 Å². The highest BCUT2D eigenvalue weighted by molar-refractivity contribution is 6.46. The van der Waals surface area contributed by atoms with Crippen LogP contribution in [0.2, 0.25) is 0 Å². The summed E-state index contributed by atoms with van der Waals surface area (Å²) in [7, 11) is 0. The largest absolute Gasteiger partial charge is 0.507 e. The average molecular weight is 543 g/mol. The van der Waals surface area contributed by atoms with Gasteiger partial charge in [0.15, 0.2) is 11.5 Å². The molecule has 208 valence electrons. The van der Waals surface area contributed by atoms with Gasteiger partial charge in [-0.2, -0.15) is 0 Å². The number of nitrogens with zero attached hydrogens (tertiary/aromatic N) is 2. The van der Waals surface area contributed by atoms with E-state index in [2.05, 4.69) is 18.7 Å². The number of rotatable bonds is 10. The van der Waals surface area contributed by atoms with E-state index in [4.69, 9.17) is 14.2 Å². The monoisotopic (exact) mass is 542 g/mol. The van der Waals surface area contributed by atoms with E-state index in [0.717, 1.165) is 19.6 Å². The summed E-state index contributed by atoms with van der Waals surface area (Å²) in [6.07, 6.45) is 0.690. The summed E-state index contributed by atoms with van der Waals surface area (Å²) < 4.78 is 17.3. The molecule has 1 amide bonds. The second-order valence-corrected chi connectivity index (χ2v) is 9.72. The van der Waals surface area contributed by atoms with E-state index < -0.39 is 17.7 Å². The summed E-state index contributed by atoms with van der Waals surface area (Å²) in [5.41, 5.74) is 1.10. The zero-order chi connectivity index (χ0) is 28.1. The predicted molar refractivity (Wildman–Crippen MR) is 152 cm³/mol. The first-order chi connectivity index (χ1) is 19.5. The van der Waals surface area contributed by atoms with Crippen LogP contribution in [-0.2, 0) is 9.59 Å². The van der Waals surface area contributed by atoms with Gasteiger partial charge in [0.2, 0.25) is 0 Å². The summed E-state index contributed by atoms with van der Waals surface area (Å²) in [4.78, 5) is 30.7. The lowest BCUT2D eigenvalue weighted by Crippen LogP contribution is -2.33. The number of likely N-dealkylation sites (tertiary alicyclic amines) is 1. The Kier molecular flexibility index (Phi) is 8.36. The van der Waals surface area contributed by atoms with Crippen molar-refractivity contribution in [1.29, 1.82) is 0 Å². The van der Waals surface area contributed by atoms with Gasteiger partial charge in [0.25, 0.3) is 11.7 Å². The van der Waals surface area contributed by atoms with Gasteiger partial charge in [0.05, 0.1) is 11.6 Å². The number of hydrogen-bond donors (Lipinski definition) is 1. The Labute approximate surface area is 234 Å². The maximum atomic E-state index is 13.5. The minimum absolute atomic E-state index is 0.0429. The minimum atomic E-state index is -0.774. The Morgan fingerprint density at radius 2 is 1.65 bits per heavy atom. The van der Waals surface area contributed by atoms with Gasteiger partial charge in [0.1, 0.15) is 30.5 Å². The van der Waals surface area contributed by atoms with Gasteiger partial charge in [-0.05, 0) is 74.1 Å². The maximum absolute atomic E-state index is 13.5. The van der Waals surface area contributed by atoms with E-state index in [9.17, 15) is 14.7 Å². The molecule has 1 unspecified atom stereocenters. The molecule has 1 fully saturated rings. The van der Waals surface area contributed by atoms with Gasteiger partial charge in [-0.15, -0.1) is 0 Å². The third-order valence-electron chi connectivity index (χ3n) is 7.28. The second kappa shape index (κ2) is 12.3. The lowest BCUT2D eigenvalue weighted by Gasteiger charge is -2.27. The van der Waals surface area contributed by atoms with Gasteiger partial charge < -0.3 is 29.1 Å². The van der Waals surface area contributed by atoms with Crippen LogP contribution in [0.3, 0.4) is 0 Å². The normalized spacial score (nSPS) is 17.9. The highest BCUT2D eigenvalue weighted by atomic mass is 16.6. The molecular weight excluding hydrogens is 508 g/mol. The fourth-order valence-electron chi connectivity index (χ4n) is 5.18. The lowest BCUT2D eigenvalue weighted by molar-refractivity contribution is -0.140. The van der Waals surface area contributed by atoms with Crippen molar-refractivity contribution in [2.45, 2.75) is 26.3 Å². The fraction of sp³-hybridized carbons (Fsp3) is 0.312. The van der Waals surface area contributed by atoms with Crippen LogP contribution in [0.4, 0.5) is 0 Å². The molecule has 0 bridgehead atoms. The number of benzene rings is 3. The van der Waals surface area contributed by atoms with E-state index in [-0.39, 0.29) is 11.3 Å². The van der Waals surface area contributed by atoms with Crippen LogP contribution in [0, 0.1) is 0 Å². The third kappa shape index (κ3) is 5.67.